The van der Waals surface area contributed by atoms with Crippen LogP contribution in [0.3, 0.4) is 0 Å². The molecule has 1 amide bonds. The fourth-order valence-electron chi connectivity index (χ4n) is 2.10. The van der Waals surface area contributed by atoms with E-state index in [0.717, 1.165) is 5.56 Å². The van der Waals surface area contributed by atoms with Crippen LogP contribution in [0.2, 0.25) is 0 Å². The van der Waals surface area contributed by atoms with Gasteiger partial charge in [0.25, 0.3) is 5.91 Å². The van der Waals surface area contributed by atoms with Crippen LogP contribution >= 0.6 is 0 Å². The van der Waals surface area contributed by atoms with E-state index in [-0.39, 0.29) is 18.2 Å². The molecule has 0 bridgehead atoms. The molecule has 5 nitrogen and oxygen atoms in total. The number of hydrogen-bond acceptors (Lipinski definition) is 4. The number of esters is 1. The second-order valence-electron chi connectivity index (χ2n) is 5.07. The summed E-state index contributed by atoms with van der Waals surface area (Å²) in [5, 5.41) is 3.98. The van der Waals surface area contributed by atoms with Gasteiger partial charge in [0, 0.05) is 12.0 Å². The van der Waals surface area contributed by atoms with Crippen LogP contribution < -0.4 is 5.43 Å². The molecule has 0 saturated carbocycles. The number of carbonyl (C=O) groups is 2. The molecular weight excluding hydrogens is 304 g/mol. The maximum atomic E-state index is 12.0. The summed E-state index contributed by atoms with van der Waals surface area (Å²) in [7, 11) is 0. The largest absolute Gasteiger partial charge is 0.461 e. The number of carbonyl (C=O) groups excluding carboxylic acids is 2. The molecular formula is C19H20N2O3. The van der Waals surface area contributed by atoms with Crippen molar-refractivity contribution in [2.45, 2.75) is 19.8 Å². The van der Waals surface area contributed by atoms with E-state index >= 15 is 0 Å². The molecule has 5 heteroatoms. The fourth-order valence-corrected chi connectivity index (χ4v) is 2.10. The van der Waals surface area contributed by atoms with E-state index < -0.39 is 5.97 Å². The lowest BCUT2D eigenvalue weighted by Crippen LogP contribution is -2.25. The molecule has 0 heterocycles. The minimum Gasteiger partial charge on any atom is -0.461 e. The van der Waals surface area contributed by atoms with Gasteiger partial charge in [-0.25, -0.2) is 10.2 Å². The summed E-state index contributed by atoms with van der Waals surface area (Å²) in [6.45, 7) is 1.99. The number of amides is 1. The molecule has 0 aliphatic heterocycles. The maximum absolute atomic E-state index is 12.0. The van der Waals surface area contributed by atoms with Gasteiger partial charge >= 0.3 is 5.97 Å². The monoisotopic (exact) mass is 324 g/mol. The van der Waals surface area contributed by atoms with Gasteiger partial charge in [0.15, 0.2) is 0 Å². The Bertz CT molecular complexity index is 697. The Morgan fingerprint density at radius 3 is 2.25 bits per heavy atom. The van der Waals surface area contributed by atoms with E-state index in [1.807, 2.05) is 36.4 Å². The first-order chi connectivity index (χ1) is 11.7. The zero-order valence-electron chi connectivity index (χ0n) is 13.6. The molecule has 0 fully saturated rings. The van der Waals surface area contributed by atoms with Gasteiger partial charge in [-0.3, -0.25) is 4.79 Å². The maximum Gasteiger partial charge on any atom is 0.354 e. The Morgan fingerprint density at radius 1 is 1.00 bits per heavy atom. The summed E-state index contributed by atoms with van der Waals surface area (Å²) in [6.07, 6.45) is 1.03. The Kier molecular flexibility index (Phi) is 6.71. The van der Waals surface area contributed by atoms with Crippen LogP contribution in [-0.2, 0) is 16.0 Å². The van der Waals surface area contributed by atoms with Gasteiger partial charge in [0.1, 0.15) is 5.71 Å². The number of nitrogens with one attached hydrogen (secondary N) is 1. The van der Waals surface area contributed by atoms with E-state index in [0.29, 0.717) is 18.4 Å². The molecule has 0 unspecified atom stereocenters. The molecule has 0 spiro atoms. The first-order valence-corrected chi connectivity index (χ1v) is 7.83. The van der Waals surface area contributed by atoms with Crippen molar-refractivity contribution >= 4 is 17.6 Å². The molecule has 2 rings (SSSR count). The van der Waals surface area contributed by atoms with Gasteiger partial charge in [0.05, 0.1) is 6.61 Å². The Balaban J connectivity index is 2.04. The van der Waals surface area contributed by atoms with Crippen LogP contribution in [0, 0.1) is 0 Å². The molecule has 124 valence electrons. The summed E-state index contributed by atoms with van der Waals surface area (Å²) in [6, 6.07) is 18.5. The average Bonchev–Trinajstić information content (AvgIpc) is 2.63. The molecule has 24 heavy (non-hydrogen) atoms. The van der Waals surface area contributed by atoms with Crippen LogP contribution in [0.25, 0.3) is 0 Å². The van der Waals surface area contributed by atoms with Gasteiger partial charge in [-0.1, -0.05) is 48.5 Å². The highest BCUT2D eigenvalue weighted by Crippen LogP contribution is 2.05. The quantitative estimate of drug-likeness (QED) is 0.484. The van der Waals surface area contributed by atoms with Gasteiger partial charge < -0.3 is 4.74 Å². The SMILES string of the molecule is CCOC(=O)/C(CCc1ccccc1)=N/NC(=O)c1ccccc1. The third kappa shape index (κ3) is 5.35. The topological polar surface area (TPSA) is 67.8 Å². The second-order valence-corrected chi connectivity index (χ2v) is 5.07. The van der Waals surface area contributed by atoms with Crippen molar-refractivity contribution < 1.29 is 14.3 Å². The van der Waals surface area contributed by atoms with Crippen molar-refractivity contribution in [1.82, 2.24) is 5.43 Å². The highest BCUT2D eigenvalue weighted by Gasteiger charge is 2.14. The number of hydrogen-bond donors (Lipinski definition) is 1. The third-order valence-corrected chi connectivity index (χ3v) is 3.33. The van der Waals surface area contributed by atoms with Gasteiger partial charge in [0.2, 0.25) is 0 Å². The Morgan fingerprint density at radius 2 is 1.62 bits per heavy atom. The van der Waals surface area contributed by atoms with Crippen molar-refractivity contribution in [2.24, 2.45) is 5.10 Å². The third-order valence-electron chi connectivity index (χ3n) is 3.33. The number of nitrogens with zero attached hydrogens (tertiary/aromatic N) is 1. The van der Waals surface area contributed by atoms with Crippen molar-refractivity contribution in [2.75, 3.05) is 6.61 Å². The highest BCUT2D eigenvalue weighted by atomic mass is 16.5. The standard InChI is InChI=1S/C19H20N2O3/c1-2-24-19(23)17(14-13-15-9-5-3-6-10-15)20-21-18(22)16-11-7-4-8-12-16/h3-12H,2,13-14H2,1H3,(H,21,22)/b20-17+. The highest BCUT2D eigenvalue weighted by molar-refractivity contribution is 6.36. The van der Waals surface area contributed by atoms with Crippen LogP contribution in [0.5, 0.6) is 0 Å². The molecule has 0 atom stereocenters. The first-order valence-electron chi connectivity index (χ1n) is 7.83. The predicted octanol–water partition coefficient (Wildman–Crippen LogP) is 2.97. The number of hydrazone groups is 1. The smallest absolute Gasteiger partial charge is 0.354 e. The number of benzene rings is 2. The summed E-state index contributed by atoms with van der Waals surface area (Å²) in [5.74, 6) is -0.876. The predicted molar refractivity (Wildman–Crippen MR) is 92.7 cm³/mol. The second kappa shape index (κ2) is 9.25. The number of rotatable bonds is 7. The van der Waals surface area contributed by atoms with Crippen molar-refractivity contribution in [3.05, 3.63) is 71.8 Å². The lowest BCUT2D eigenvalue weighted by molar-refractivity contribution is -0.135. The zero-order valence-corrected chi connectivity index (χ0v) is 13.6. The average molecular weight is 324 g/mol. The molecule has 0 aromatic heterocycles. The lowest BCUT2D eigenvalue weighted by Gasteiger charge is -2.07. The van der Waals surface area contributed by atoms with Gasteiger partial charge in [-0.2, -0.15) is 5.10 Å². The molecule has 0 radical (unpaired) electrons. The lowest BCUT2D eigenvalue weighted by atomic mass is 10.1. The van der Waals surface area contributed by atoms with Crippen LogP contribution in [0.15, 0.2) is 65.8 Å². The minimum absolute atomic E-state index is 0.199. The van der Waals surface area contributed by atoms with E-state index in [4.69, 9.17) is 4.74 Å². The molecule has 1 N–H and O–H groups in total. The van der Waals surface area contributed by atoms with Crippen LogP contribution in [0.1, 0.15) is 29.3 Å². The molecule has 0 aliphatic rings. The normalized spacial score (nSPS) is 11.0. The summed E-state index contributed by atoms with van der Waals surface area (Å²) < 4.78 is 5.01. The molecule has 2 aromatic carbocycles. The van der Waals surface area contributed by atoms with Crippen molar-refractivity contribution in [3.8, 4) is 0 Å². The summed E-state index contributed by atoms with van der Waals surface area (Å²) >= 11 is 0. The molecule has 2 aromatic rings. The number of ether oxygens (including phenoxy) is 1. The Hall–Kier alpha value is -2.95. The van der Waals surface area contributed by atoms with E-state index in [2.05, 4.69) is 10.5 Å². The minimum atomic E-state index is -0.512. The first kappa shape index (κ1) is 17.4. The number of aryl methyl sites for hydroxylation is 1. The van der Waals surface area contributed by atoms with E-state index in [1.165, 1.54) is 0 Å². The summed E-state index contributed by atoms with van der Waals surface area (Å²) in [4.78, 5) is 24.0. The van der Waals surface area contributed by atoms with Gasteiger partial charge in [-0.05, 0) is 31.0 Å². The van der Waals surface area contributed by atoms with Crippen molar-refractivity contribution in [3.63, 3.8) is 0 Å². The van der Waals surface area contributed by atoms with Crippen molar-refractivity contribution in [1.29, 1.82) is 0 Å². The van der Waals surface area contributed by atoms with Gasteiger partial charge in [-0.15, -0.1) is 0 Å². The molecule has 0 saturated heterocycles. The zero-order chi connectivity index (χ0) is 17.2. The van der Waals surface area contributed by atoms with E-state index in [1.54, 1.807) is 31.2 Å². The summed E-state index contributed by atoms with van der Waals surface area (Å²) in [5.41, 5.74) is 4.19. The van der Waals surface area contributed by atoms with E-state index in [9.17, 15) is 9.59 Å². The fraction of sp³-hybridized carbons (Fsp3) is 0.211. The van der Waals surface area contributed by atoms with Crippen LogP contribution in [-0.4, -0.2) is 24.2 Å². The molecule has 0 aliphatic carbocycles. The Labute approximate surface area is 141 Å². The van der Waals surface area contributed by atoms with Crippen LogP contribution in [0.4, 0.5) is 0 Å².